The molecule has 32 heavy (non-hydrogen) atoms. The highest BCUT2D eigenvalue weighted by Crippen LogP contribution is 2.61. The number of nitrogens with zero attached hydrogens (tertiary/aromatic N) is 1. The summed E-state index contributed by atoms with van der Waals surface area (Å²) in [6.07, 6.45) is 0. The van der Waals surface area contributed by atoms with Crippen LogP contribution in [-0.4, -0.2) is 34.3 Å². The average molecular weight is 461 g/mol. The van der Waals surface area contributed by atoms with Crippen LogP contribution in [-0.2, 0) is 10.3 Å². The molecule has 1 spiro atoms. The SMILES string of the molecule is O=C(c1ccccc1)[C@@H]1[C@H](c2ccc(Cl)cc2)[C@@H]2CSCN2[C@@]12C(=O)Nc1ccccc12. The van der Waals surface area contributed by atoms with Gasteiger partial charge in [-0.1, -0.05) is 72.3 Å². The molecule has 2 saturated heterocycles. The summed E-state index contributed by atoms with van der Waals surface area (Å²) < 4.78 is 0. The third-order valence-electron chi connectivity index (χ3n) is 7.12. The Balaban J connectivity index is 1.62. The van der Waals surface area contributed by atoms with Gasteiger partial charge < -0.3 is 5.32 Å². The lowest BCUT2D eigenvalue weighted by molar-refractivity contribution is -0.127. The number of nitrogens with one attached hydrogen (secondary N) is 1. The Kier molecular flexibility index (Phi) is 4.68. The minimum absolute atomic E-state index is 0.0109. The second-order valence-corrected chi connectivity index (χ2v) is 10.0. The first-order valence-electron chi connectivity index (χ1n) is 10.7. The van der Waals surface area contributed by atoms with Crippen LogP contribution in [0, 0.1) is 5.92 Å². The maximum absolute atomic E-state index is 14.2. The van der Waals surface area contributed by atoms with Gasteiger partial charge in [-0.05, 0) is 23.8 Å². The Morgan fingerprint density at radius 1 is 1.00 bits per heavy atom. The maximum Gasteiger partial charge on any atom is 0.250 e. The number of hydrogen-bond acceptors (Lipinski definition) is 4. The number of fused-ring (bicyclic) bond motifs is 4. The smallest absolute Gasteiger partial charge is 0.250 e. The monoisotopic (exact) mass is 460 g/mol. The summed E-state index contributed by atoms with van der Waals surface area (Å²) in [7, 11) is 0. The number of amides is 1. The second-order valence-electron chi connectivity index (χ2n) is 8.59. The normalized spacial score (nSPS) is 28.5. The number of rotatable bonds is 3. The predicted octanol–water partition coefficient (Wildman–Crippen LogP) is 5.16. The number of carbonyl (C=O) groups excluding carboxylic acids is 2. The van der Waals surface area contributed by atoms with E-state index in [1.807, 2.05) is 90.6 Å². The lowest BCUT2D eigenvalue weighted by Gasteiger charge is -2.36. The first-order valence-corrected chi connectivity index (χ1v) is 12.3. The fourth-order valence-electron chi connectivity index (χ4n) is 5.87. The van der Waals surface area contributed by atoms with Crippen molar-refractivity contribution in [2.75, 3.05) is 16.9 Å². The lowest BCUT2D eigenvalue weighted by Crippen LogP contribution is -2.52. The molecule has 0 aliphatic carbocycles. The quantitative estimate of drug-likeness (QED) is 0.548. The molecular weight excluding hydrogens is 440 g/mol. The van der Waals surface area contributed by atoms with Gasteiger partial charge in [0, 0.05) is 45.4 Å². The van der Waals surface area contributed by atoms with Gasteiger partial charge >= 0.3 is 0 Å². The Hall–Kier alpha value is -2.60. The van der Waals surface area contributed by atoms with E-state index in [1.165, 1.54) is 0 Å². The molecule has 6 heteroatoms. The molecule has 0 aromatic heterocycles. The van der Waals surface area contributed by atoms with E-state index in [0.29, 0.717) is 10.6 Å². The topological polar surface area (TPSA) is 49.4 Å². The molecule has 160 valence electrons. The van der Waals surface area contributed by atoms with Gasteiger partial charge in [0.2, 0.25) is 5.91 Å². The molecular formula is C26H21ClN2O2S. The third kappa shape index (κ3) is 2.68. The van der Waals surface area contributed by atoms with Crippen molar-refractivity contribution in [2.45, 2.75) is 17.5 Å². The van der Waals surface area contributed by atoms with E-state index in [2.05, 4.69) is 10.2 Å². The molecule has 2 fully saturated rings. The van der Waals surface area contributed by atoms with Crippen molar-refractivity contribution in [2.24, 2.45) is 5.92 Å². The van der Waals surface area contributed by atoms with Crippen molar-refractivity contribution in [1.29, 1.82) is 0 Å². The van der Waals surface area contributed by atoms with Crippen LogP contribution in [0.1, 0.15) is 27.4 Å². The zero-order valence-corrected chi connectivity index (χ0v) is 18.8. The number of anilines is 1. The Labute approximate surface area is 196 Å². The molecule has 3 aliphatic heterocycles. The van der Waals surface area contributed by atoms with Crippen molar-refractivity contribution in [1.82, 2.24) is 4.90 Å². The van der Waals surface area contributed by atoms with Crippen molar-refractivity contribution < 1.29 is 9.59 Å². The largest absolute Gasteiger partial charge is 0.324 e. The number of para-hydroxylation sites is 1. The van der Waals surface area contributed by atoms with Crippen LogP contribution >= 0.6 is 23.4 Å². The highest BCUT2D eigenvalue weighted by atomic mass is 35.5. The van der Waals surface area contributed by atoms with Crippen LogP contribution < -0.4 is 5.32 Å². The number of carbonyl (C=O) groups is 2. The van der Waals surface area contributed by atoms with Gasteiger partial charge in [-0.2, -0.15) is 0 Å². The van der Waals surface area contributed by atoms with E-state index >= 15 is 0 Å². The van der Waals surface area contributed by atoms with Gasteiger partial charge in [0.1, 0.15) is 5.54 Å². The summed E-state index contributed by atoms with van der Waals surface area (Å²) in [5.41, 5.74) is 2.37. The van der Waals surface area contributed by atoms with Crippen molar-refractivity contribution >= 4 is 40.7 Å². The van der Waals surface area contributed by atoms with Crippen LogP contribution in [0.2, 0.25) is 5.02 Å². The van der Waals surface area contributed by atoms with Gasteiger partial charge in [-0.3, -0.25) is 14.5 Å². The second kappa shape index (κ2) is 7.48. The Morgan fingerprint density at radius 3 is 2.50 bits per heavy atom. The van der Waals surface area contributed by atoms with Crippen LogP contribution in [0.4, 0.5) is 5.69 Å². The fourth-order valence-corrected chi connectivity index (χ4v) is 7.32. The highest BCUT2D eigenvalue weighted by molar-refractivity contribution is 7.99. The van der Waals surface area contributed by atoms with E-state index in [0.717, 1.165) is 28.4 Å². The van der Waals surface area contributed by atoms with E-state index in [1.54, 1.807) is 0 Å². The maximum atomic E-state index is 14.2. The average Bonchev–Trinajstić information content (AvgIpc) is 3.48. The van der Waals surface area contributed by atoms with Crippen molar-refractivity contribution in [3.8, 4) is 0 Å². The number of hydrogen-bond donors (Lipinski definition) is 1. The fraction of sp³-hybridized carbons (Fsp3) is 0.231. The summed E-state index contributed by atoms with van der Waals surface area (Å²) in [6.45, 7) is 0. The number of thioether (sulfide) groups is 1. The molecule has 0 saturated carbocycles. The number of halogens is 1. The summed E-state index contributed by atoms with van der Waals surface area (Å²) >= 11 is 8.01. The van der Waals surface area contributed by atoms with Crippen LogP contribution in [0.5, 0.6) is 0 Å². The van der Waals surface area contributed by atoms with Gasteiger partial charge in [0.05, 0.1) is 5.92 Å². The highest BCUT2D eigenvalue weighted by Gasteiger charge is 2.69. The Bertz CT molecular complexity index is 1220. The van der Waals surface area contributed by atoms with Gasteiger partial charge in [0.15, 0.2) is 5.78 Å². The van der Waals surface area contributed by atoms with Crippen molar-refractivity contribution in [3.05, 3.63) is 101 Å². The molecule has 0 bridgehead atoms. The Morgan fingerprint density at radius 2 is 1.72 bits per heavy atom. The molecule has 3 aromatic carbocycles. The molecule has 6 rings (SSSR count). The third-order valence-corrected chi connectivity index (χ3v) is 8.41. The lowest BCUT2D eigenvalue weighted by atomic mass is 9.69. The predicted molar refractivity (Wildman–Crippen MR) is 128 cm³/mol. The van der Waals surface area contributed by atoms with E-state index in [4.69, 9.17) is 11.6 Å². The van der Waals surface area contributed by atoms with Gasteiger partial charge in [-0.25, -0.2) is 0 Å². The summed E-state index contributed by atoms with van der Waals surface area (Å²) in [5, 5.41) is 3.76. The van der Waals surface area contributed by atoms with E-state index < -0.39 is 11.5 Å². The van der Waals surface area contributed by atoms with Gasteiger partial charge in [0.25, 0.3) is 0 Å². The molecule has 3 aromatic rings. The first kappa shape index (κ1) is 20.0. The van der Waals surface area contributed by atoms with Crippen molar-refractivity contribution in [3.63, 3.8) is 0 Å². The minimum Gasteiger partial charge on any atom is -0.324 e. The van der Waals surface area contributed by atoms with Gasteiger partial charge in [-0.15, -0.1) is 11.8 Å². The first-order chi connectivity index (χ1) is 15.6. The molecule has 1 amide bonds. The molecule has 3 aliphatic rings. The van der Waals surface area contributed by atoms with Crippen LogP contribution in [0.15, 0.2) is 78.9 Å². The molecule has 4 atom stereocenters. The van der Waals surface area contributed by atoms with E-state index in [9.17, 15) is 9.59 Å². The zero-order valence-electron chi connectivity index (χ0n) is 17.2. The summed E-state index contributed by atoms with van der Waals surface area (Å²) in [6, 6.07) is 25.0. The molecule has 3 heterocycles. The number of ketones is 1. The van der Waals surface area contributed by atoms with Crippen LogP contribution in [0.25, 0.3) is 0 Å². The molecule has 4 nitrogen and oxygen atoms in total. The number of Topliss-reactive ketones (excluding diaryl/α,β-unsaturated/α-hetero) is 1. The van der Waals surface area contributed by atoms with E-state index in [-0.39, 0.29) is 23.7 Å². The molecule has 0 unspecified atom stereocenters. The molecule has 0 radical (unpaired) electrons. The minimum atomic E-state index is -1.03. The summed E-state index contributed by atoms with van der Waals surface area (Å²) in [5.74, 6) is 0.847. The standard InChI is InChI=1S/C26H21ClN2O2S/c27-18-12-10-16(11-13-18)22-21-14-32-15-29(21)26(19-8-4-5-9-20(19)28-25(26)31)23(22)24(30)17-6-2-1-3-7-17/h1-13,21-23H,14-15H2,(H,28,31)/t21-,22+,23-,26+/m0/s1. The zero-order chi connectivity index (χ0) is 21.9. The van der Waals surface area contributed by atoms with Crippen LogP contribution in [0.3, 0.4) is 0 Å². The summed E-state index contributed by atoms with van der Waals surface area (Å²) in [4.78, 5) is 30.3. The molecule has 1 N–H and O–H groups in total. The number of benzene rings is 3.